The van der Waals surface area contributed by atoms with Crippen molar-refractivity contribution in [3.05, 3.63) is 30.3 Å². The van der Waals surface area contributed by atoms with Crippen LogP contribution in [-0.4, -0.2) is 46.5 Å². The first kappa shape index (κ1) is 16.1. The molecule has 2 fully saturated rings. The third-order valence-corrected chi connectivity index (χ3v) is 5.61. The first-order chi connectivity index (χ1) is 12.1. The number of hydrogen-bond donors (Lipinski definition) is 3. The average Bonchev–Trinajstić information content (AvgIpc) is 2.97. The van der Waals surface area contributed by atoms with Crippen molar-refractivity contribution in [3.8, 4) is 17.0 Å². The van der Waals surface area contributed by atoms with Crippen LogP contribution in [0.15, 0.2) is 30.3 Å². The molecule has 4 rings (SSSR count). The van der Waals surface area contributed by atoms with Crippen molar-refractivity contribution in [2.75, 3.05) is 36.8 Å². The maximum absolute atomic E-state index is 10.1. The predicted molar refractivity (Wildman–Crippen MR) is 97.8 cm³/mol. The molecular weight excluding hydrogens is 316 g/mol. The van der Waals surface area contributed by atoms with E-state index < -0.39 is 0 Å². The molecule has 2 aliphatic heterocycles. The lowest BCUT2D eigenvalue weighted by Crippen LogP contribution is -2.42. The molecule has 25 heavy (non-hydrogen) atoms. The number of nitrogen functional groups attached to an aromatic ring is 1. The van der Waals surface area contributed by atoms with Crippen molar-refractivity contribution in [2.45, 2.75) is 19.3 Å². The Hall–Kier alpha value is -2.38. The Morgan fingerprint density at radius 2 is 1.76 bits per heavy atom. The minimum absolute atomic E-state index is 0.194. The van der Waals surface area contributed by atoms with Crippen molar-refractivity contribution in [2.24, 2.45) is 11.3 Å². The standard InChI is InChI=1S/C18H24N6O/c19-17-15(11-14(21-22-17)13-3-1-2-4-16(13)25)23-8-5-18(6-9-23)7-10-24(20)12-18/h1-4,11,25H,5-10,12,20H2,(H2,19,22). The van der Waals surface area contributed by atoms with Gasteiger partial charge in [-0.05, 0) is 42.9 Å². The van der Waals surface area contributed by atoms with Crippen LogP contribution >= 0.6 is 0 Å². The Morgan fingerprint density at radius 1 is 1.04 bits per heavy atom. The molecule has 3 heterocycles. The van der Waals surface area contributed by atoms with Gasteiger partial charge in [0.15, 0.2) is 5.82 Å². The number of piperidine rings is 1. The van der Waals surface area contributed by atoms with Gasteiger partial charge in [0.2, 0.25) is 0 Å². The molecule has 0 atom stereocenters. The second kappa shape index (κ2) is 6.16. The van der Waals surface area contributed by atoms with Crippen LogP contribution in [0.3, 0.4) is 0 Å². The quantitative estimate of drug-likeness (QED) is 0.713. The van der Waals surface area contributed by atoms with Gasteiger partial charge in [0, 0.05) is 31.7 Å². The van der Waals surface area contributed by atoms with Gasteiger partial charge in [-0.25, -0.2) is 5.01 Å². The Morgan fingerprint density at radius 3 is 2.44 bits per heavy atom. The fraction of sp³-hybridized carbons (Fsp3) is 0.444. The van der Waals surface area contributed by atoms with Crippen LogP contribution in [-0.2, 0) is 0 Å². The SMILES string of the molecule is Nc1nnc(-c2ccccc2O)cc1N1CCC2(CCN(N)C2)CC1. The molecule has 2 aliphatic rings. The summed E-state index contributed by atoms with van der Waals surface area (Å²) < 4.78 is 0. The number of benzene rings is 1. The predicted octanol–water partition coefficient (Wildman–Crippen LogP) is 1.60. The Labute approximate surface area is 147 Å². The summed E-state index contributed by atoms with van der Waals surface area (Å²) in [6, 6.07) is 9.07. The number of nitrogens with zero attached hydrogens (tertiary/aromatic N) is 4. The van der Waals surface area contributed by atoms with E-state index in [1.165, 1.54) is 6.42 Å². The number of aromatic nitrogens is 2. The fourth-order valence-corrected chi connectivity index (χ4v) is 4.07. The molecule has 0 saturated carbocycles. The van der Waals surface area contributed by atoms with E-state index in [9.17, 15) is 5.11 Å². The van der Waals surface area contributed by atoms with Crippen LogP contribution in [0.2, 0.25) is 0 Å². The zero-order chi connectivity index (χ0) is 17.4. The first-order valence-corrected chi connectivity index (χ1v) is 8.73. The van der Waals surface area contributed by atoms with Gasteiger partial charge in [0.05, 0.1) is 11.4 Å². The summed E-state index contributed by atoms with van der Waals surface area (Å²) >= 11 is 0. The number of rotatable bonds is 2. The summed E-state index contributed by atoms with van der Waals surface area (Å²) in [6.07, 6.45) is 3.38. The maximum atomic E-state index is 10.1. The molecule has 0 amide bonds. The average molecular weight is 340 g/mol. The number of hydrazine groups is 1. The maximum Gasteiger partial charge on any atom is 0.169 e. The molecule has 7 heteroatoms. The van der Waals surface area contributed by atoms with Gasteiger partial charge in [0.1, 0.15) is 5.75 Å². The fourth-order valence-electron chi connectivity index (χ4n) is 4.07. The monoisotopic (exact) mass is 340 g/mol. The second-order valence-corrected chi connectivity index (χ2v) is 7.22. The van der Waals surface area contributed by atoms with Crippen LogP contribution < -0.4 is 16.5 Å². The van der Waals surface area contributed by atoms with E-state index in [-0.39, 0.29) is 5.75 Å². The zero-order valence-corrected chi connectivity index (χ0v) is 14.2. The molecule has 1 aromatic carbocycles. The molecule has 132 valence electrons. The molecule has 2 saturated heterocycles. The van der Waals surface area contributed by atoms with E-state index >= 15 is 0 Å². The highest BCUT2D eigenvalue weighted by molar-refractivity contribution is 5.74. The lowest BCUT2D eigenvalue weighted by molar-refractivity contribution is 0.211. The second-order valence-electron chi connectivity index (χ2n) is 7.22. The van der Waals surface area contributed by atoms with E-state index in [0.717, 1.165) is 44.7 Å². The zero-order valence-electron chi connectivity index (χ0n) is 14.2. The largest absolute Gasteiger partial charge is 0.507 e. The van der Waals surface area contributed by atoms with E-state index in [4.69, 9.17) is 11.6 Å². The van der Waals surface area contributed by atoms with Gasteiger partial charge in [-0.15, -0.1) is 10.2 Å². The lowest BCUT2D eigenvalue weighted by atomic mass is 9.77. The summed E-state index contributed by atoms with van der Waals surface area (Å²) in [7, 11) is 0. The highest BCUT2D eigenvalue weighted by atomic mass is 16.3. The van der Waals surface area contributed by atoms with Gasteiger partial charge in [-0.2, -0.15) is 0 Å². The Bertz CT molecular complexity index is 772. The molecule has 0 bridgehead atoms. The Balaban J connectivity index is 1.57. The smallest absolute Gasteiger partial charge is 0.169 e. The topological polar surface area (TPSA) is 105 Å². The van der Waals surface area contributed by atoms with Crippen molar-refractivity contribution in [3.63, 3.8) is 0 Å². The molecule has 0 radical (unpaired) electrons. The molecule has 7 nitrogen and oxygen atoms in total. The van der Waals surface area contributed by atoms with Crippen molar-refractivity contribution < 1.29 is 5.11 Å². The Kier molecular flexibility index (Phi) is 3.97. The molecule has 5 N–H and O–H groups in total. The van der Waals surface area contributed by atoms with Crippen LogP contribution in [0.5, 0.6) is 5.75 Å². The lowest BCUT2D eigenvalue weighted by Gasteiger charge is -2.40. The number of para-hydroxylation sites is 1. The van der Waals surface area contributed by atoms with Crippen molar-refractivity contribution >= 4 is 11.5 Å². The summed E-state index contributed by atoms with van der Waals surface area (Å²) in [4.78, 5) is 2.28. The number of phenols is 1. The minimum Gasteiger partial charge on any atom is -0.507 e. The van der Waals surface area contributed by atoms with Gasteiger partial charge in [0.25, 0.3) is 0 Å². The number of phenolic OH excluding ortho intramolecular Hbond substituents is 1. The molecule has 1 spiro atoms. The van der Waals surface area contributed by atoms with Crippen LogP contribution in [0.4, 0.5) is 11.5 Å². The van der Waals surface area contributed by atoms with Crippen molar-refractivity contribution in [1.29, 1.82) is 0 Å². The van der Waals surface area contributed by atoms with Crippen LogP contribution in [0.1, 0.15) is 19.3 Å². The highest BCUT2D eigenvalue weighted by Crippen LogP contribution is 2.41. The number of hydrogen-bond acceptors (Lipinski definition) is 7. The third-order valence-electron chi connectivity index (χ3n) is 5.61. The minimum atomic E-state index is 0.194. The van der Waals surface area contributed by atoms with Gasteiger partial charge < -0.3 is 15.7 Å². The van der Waals surface area contributed by atoms with Crippen LogP contribution in [0.25, 0.3) is 11.3 Å². The molecule has 0 aliphatic carbocycles. The number of aromatic hydroxyl groups is 1. The first-order valence-electron chi connectivity index (χ1n) is 8.73. The van der Waals surface area contributed by atoms with Gasteiger partial charge in [-0.3, -0.25) is 5.84 Å². The third kappa shape index (κ3) is 3.01. The van der Waals surface area contributed by atoms with Gasteiger partial charge >= 0.3 is 0 Å². The van der Waals surface area contributed by atoms with Gasteiger partial charge in [-0.1, -0.05) is 12.1 Å². The normalized spacial score (nSPS) is 20.3. The van der Waals surface area contributed by atoms with E-state index in [0.29, 0.717) is 22.5 Å². The van der Waals surface area contributed by atoms with E-state index in [2.05, 4.69) is 15.1 Å². The molecular formula is C18H24N6O. The number of nitrogens with two attached hydrogens (primary N) is 2. The highest BCUT2D eigenvalue weighted by Gasteiger charge is 2.40. The molecule has 1 aromatic heterocycles. The van der Waals surface area contributed by atoms with Crippen LogP contribution in [0, 0.1) is 5.41 Å². The van der Waals surface area contributed by atoms with E-state index in [1.54, 1.807) is 12.1 Å². The number of anilines is 2. The summed E-state index contributed by atoms with van der Waals surface area (Å²) in [5, 5.41) is 20.3. The van der Waals surface area contributed by atoms with Crippen molar-refractivity contribution in [1.82, 2.24) is 15.2 Å². The molecule has 2 aromatic rings. The molecule has 0 unspecified atom stereocenters. The summed E-state index contributed by atoms with van der Waals surface area (Å²) in [6.45, 7) is 3.83. The van der Waals surface area contributed by atoms with E-state index in [1.807, 2.05) is 23.2 Å². The summed E-state index contributed by atoms with van der Waals surface area (Å²) in [5.74, 6) is 6.59. The summed E-state index contributed by atoms with van der Waals surface area (Å²) in [5.41, 5.74) is 8.64.